The van der Waals surface area contributed by atoms with Crippen LogP contribution in [0.4, 0.5) is 4.79 Å². The molecule has 1 saturated heterocycles. The maximum atomic E-state index is 12.8. The maximum absolute atomic E-state index is 12.8. The van der Waals surface area contributed by atoms with Gasteiger partial charge >= 0.3 is 18.0 Å². The fourth-order valence-corrected chi connectivity index (χ4v) is 6.11. The molecule has 3 aliphatic rings. The quantitative estimate of drug-likeness (QED) is 0.466. The number of carbonyl (C=O) groups excluding carboxylic acids is 3. The van der Waals surface area contributed by atoms with E-state index in [1.54, 1.807) is 20.8 Å². The van der Waals surface area contributed by atoms with Crippen LogP contribution in [0.2, 0.25) is 0 Å². The van der Waals surface area contributed by atoms with E-state index >= 15 is 0 Å². The van der Waals surface area contributed by atoms with Gasteiger partial charge in [0.1, 0.15) is 0 Å². The monoisotopic (exact) mass is 506 g/mol. The summed E-state index contributed by atoms with van der Waals surface area (Å²) in [7, 11) is 0. The first-order valence-corrected chi connectivity index (χ1v) is 13.6. The first-order valence-electron chi connectivity index (χ1n) is 12.8. The summed E-state index contributed by atoms with van der Waals surface area (Å²) in [5, 5.41) is 7.81. The highest BCUT2D eigenvalue weighted by atomic mass is 32.1. The number of nitrogens with one attached hydrogen (secondary N) is 2. The van der Waals surface area contributed by atoms with Crippen LogP contribution in [0.1, 0.15) is 80.8 Å². The number of rotatable bonds is 5. The summed E-state index contributed by atoms with van der Waals surface area (Å²) in [6.45, 7) is 8.33. The number of aromatic nitrogens is 1. The Bertz CT molecular complexity index is 888. The molecule has 0 aromatic carbocycles. The van der Waals surface area contributed by atoms with Gasteiger partial charge in [-0.25, -0.2) is 9.78 Å². The third-order valence-electron chi connectivity index (χ3n) is 7.14. The number of amides is 2. The number of urea groups is 1. The van der Waals surface area contributed by atoms with Gasteiger partial charge in [-0.3, -0.25) is 9.59 Å². The van der Waals surface area contributed by atoms with Crippen LogP contribution in [-0.2, 0) is 32.0 Å². The average molecular weight is 507 g/mol. The van der Waals surface area contributed by atoms with Crippen LogP contribution in [-0.4, -0.2) is 60.3 Å². The first kappa shape index (κ1) is 25.9. The molecule has 2 fully saturated rings. The predicted octanol–water partition coefficient (Wildman–Crippen LogP) is 3.33. The van der Waals surface area contributed by atoms with Crippen LogP contribution in [0, 0.1) is 11.3 Å². The smallest absolute Gasteiger partial charge is 0.317 e. The summed E-state index contributed by atoms with van der Waals surface area (Å²) in [6, 6.07) is 0.0624. The Balaban J connectivity index is 1.14. The van der Waals surface area contributed by atoms with Crippen LogP contribution in [0.5, 0.6) is 0 Å². The standard InChI is InChI=1S/C25H38N4O5S/c1-25(2,3)23(31)34-15-33-22(30)17-4-6-18(7-5-17)27-24(32)29-12-9-16(10-13-29)21-28-19-8-11-26-14-20(19)35-21/h16-18,26H,4-15H2,1-3H3,(H,27,32). The Kier molecular flexibility index (Phi) is 8.31. The van der Waals surface area contributed by atoms with Gasteiger partial charge in [0.2, 0.25) is 6.79 Å². The highest BCUT2D eigenvalue weighted by Gasteiger charge is 2.32. The van der Waals surface area contributed by atoms with E-state index in [9.17, 15) is 14.4 Å². The Hall–Kier alpha value is -2.20. The van der Waals surface area contributed by atoms with Crippen molar-refractivity contribution < 1.29 is 23.9 Å². The molecule has 0 bridgehead atoms. The molecule has 9 nitrogen and oxygen atoms in total. The zero-order chi connectivity index (χ0) is 25.0. The van der Waals surface area contributed by atoms with Crippen LogP contribution in [0.3, 0.4) is 0 Å². The van der Waals surface area contributed by atoms with Crippen LogP contribution < -0.4 is 10.6 Å². The lowest BCUT2D eigenvalue weighted by molar-refractivity contribution is -0.176. The molecular weight excluding hydrogens is 468 g/mol. The summed E-state index contributed by atoms with van der Waals surface area (Å²) in [5.41, 5.74) is 0.630. The summed E-state index contributed by atoms with van der Waals surface area (Å²) >= 11 is 1.83. The van der Waals surface area contributed by atoms with Gasteiger partial charge in [0.05, 0.1) is 22.0 Å². The number of esters is 2. The summed E-state index contributed by atoms with van der Waals surface area (Å²) in [4.78, 5) is 45.1. The Morgan fingerprint density at radius 3 is 2.46 bits per heavy atom. The summed E-state index contributed by atoms with van der Waals surface area (Å²) < 4.78 is 10.2. The Morgan fingerprint density at radius 2 is 1.80 bits per heavy atom. The van der Waals surface area contributed by atoms with Crippen molar-refractivity contribution >= 4 is 29.3 Å². The summed E-state index contributed by atoms with van der Waals surface area (Å²) in [6.07, 6.45) is 5.70. The van der Waals surface area contributed by atoms with Gasteiger partial charge in [-0.05, 0) is 59.3 Å². The fourth-order valence-electron chi connectivity index (χ4n) is 4.86. The van der Waals surface area contributed by atoms with Crippen molar-refractivity contribution in [2.45, 2.75) is 84.2 Å². The Morgan fingerprint density at radius 1 is 1.09 bits per heavy atom. The molecule has 1 aromatic rings. The van der Waals surface area contributed by atoms with Gasteiger partial charge in [0.25, 0.3) is 0 Å². The highest BCUT2D eigenvalue weighted by Crippen LogP contribution is 2.34. The molecule has 0 unspecified atom stereocenters. The van der Waals surface area contributed by atoms with Crippen molar-refractivity contribution in [3.63, 3.8) is 0 Å². The highest BCUT2D eigenvalue weighted by molar-refractivity contribution is 7.11. The van der Waals surface area contributed by atoms with Crippen molar-refractivity contribution in [1.82, 2.24) is 20.5 Å². The van der Waals surface area contributed by atoms with Crippen LogP contribution >= 0.6 is 11.3 Å². The van der Waals surface area contributed by atoms with Gasteiger partial charge in [0.15, 0.2) is 0 Å². The molecule has 0 spiro atoms. The average Bonchev–Trinajstić information content (AvgIpc) is 3.28. The van der Waals surface area contributed by atoms with E-state index in [-0.39, 0.29) is 30.8 Å². The number of hydrogen-bond donors (Lipinski definition) is 2. The molecular formula is C25H38N4O5S. The number of nitrogens with zero attached hydrogens (tertiary/aromatic N) is 2. The van der Waals surface area contributed by atoms with Gasteiger partial charge in [-0.2, -0.15) is 0 Å². The zero-order valence-corrected chi connectivity index (χ0v) is 21.9. The minimum absolute atomic E-state index is 0.00815. The molecule has 1 aromatic heterocycles. The van der Waals surface area contributed by atoms with Crippen molar-refractivity contribution in [3.05, 3.63) is 15.6 Å². The second-order valence-corrected chi connectivity index (χ2v) is 12.0. The van der Waals surface area contributed by atoms with Crippen LogP contribution in [0.15, 0.2) is 0 Å². The van der Waals surface area contributed by atoms with Gasteiger partial charge < -0.3 is 25.0 Å². The minimum Gasteiger partial charge on any atom is -0.428 e. The predicted molar refractivity (Wildman–Crippen MR) is 132 cm³/mol. The molecule has 4 rings (SSSR count). The normalized spacial score (nSPS) is 23.3. The topological polar surface area (TPSA) is 110 Å². The lowest BCUT2D eigenvalue weighted by Crippen LogP contribution is -2.48. The number of thiazole rings is 1. The third-order valence-corrected chi connectivity index (χ3v) is 8.40. The second-order valence-electron chi connectivity index (χ2n) is 10.9. The molecule has 0 radical (unpaired) electrons. The molecule has 194 valence electrons. The van der Waals surface area contributed by atoms with Gasteiger partial charge in [-0.1, -0.05) is 0 Å². The van der Waals surface area contributed by atoms with Crippen molar-refractivity contribution in [3.8, 4) is 0 Å². The molecule has 1 saturated carbocycles. The van der Waals surface area contributed by atoms with Gasteiger partial charge in [-0.15, -0.1) is 11.3 Å². The van der Waals surface area contributed by atoms with Gasteiger partial charge in [0, 0.05) is 49.4 Å². The summed E-state index contributed by atoms with van der Waals surface area (Å²) in [5.74, 6) is -0.507. The molecule has 2 amide bonds. The van der Waals surface area contributed by atoms with E-state index in [4.69, 9.17) is 14.5 Å². The zero-order valence-electron chi connectivity index (χ0n) is 21.1. The first-order chi connectivity index (χ1) is 16.7. The number of fused-ring (bicyclic) bond motifs is 1. The number of ether oxygens (including phenoxy) is 2. The van der Waals surface area contributed by atoms with Crippen LogP contribution in [0.25, 0.3) is 0 Å². The fraction of sp³-hybridized carbons (Fsp3) is 0.760. The molecule has 10 heteroatoms. The van der Waals surface area contributed by atoms with E-state index < -0.39 is 11.4 Å². The van der Waals surface area contributed by atoms with E-state index in [0.717, 1.165) is 58.3 Å². The van der Waals surface area contributed by atoms with E-state index in [1.807, 2.05) is 16.2 Å². The number of piperidine rings is 1. The molecule has 2 aliphatic heterocycles. The lowest BCUT2D eigenvalue weighted by atomic mass is 9.86. The van der Waals surface area contributed by atoms with Crippen molar-refractivity contribution in [1.29, 1.82) is 0 Å². The molecule has 1 aliphatic carbocycles. The second kappa shape index (κ2) is 11.2. The van der Waals surface area contributed by atoms with Crippen molar-refractivity contribution in [2.24, 2.45) is 11.3 Å². The Labute approximate surface area is 211 Å². The third kappa shape index (κ3) is 6.73. The SMILES string of the molecule is CC(C)(C)C(=O)OCOC(=O)C1CCC(NC(=O)N2CCC(c3nc4c(s3)CNCC4)CC2)CC1. The number of hydrogen-bond acceptors (Lipinski definition) is 8. The van der Waals surface area contributed by atoms with E-state index in [0.29, 0.717) is 18.8 Å². The molecule has 2 N–H and O–H groups in total. The molecule has 35 heavy (non-hydrogen) atoms. The largest absolute Gasteiger partial charge is 0.428 e. The maximum Gasteiger partial charge on any atom is 0.317 e. The lowest BCUT2D eigenvalue weighted by Gasteiger charge is -2.34. The minimum atomic E-state index is -0.629. The van der Waals surface area contributed by atoms with E-state index in [2.05, 4.69) is 10.6 Å². The number of likely N-dealkylation sites (tertiary alicyclic amines) is 1. The molecule has 0 atom stereocenters. The van der Waals surface area contributed by atoms with Crippen molar-refractivity contribution in [2.75, 3.05) is 26.4 Å². The molecule has 3 heterocycles. The number of carbonyl (C=O) groups is 3. The van der Waals surface area contributed by atoms with E-state index in [1.165, 1.54) is 15.6 Å².